The van der Waals surface area contributed by atoms with E-state index in [1.165, 1.54) is 39.1 Å². The molecule has 21 heavy (non-hydrogen) atoms. The summed E-state index contributed by atoms with van der Waals surface area (Å²) in [6.45, 7) is 15.6. The van der Waals surface area contributed by atoms with Crippen LogP contribution >= 0.6 is 24.0 Å². The second-order valence-electron chi connectivity index (χ2n) is 6.32. The predicted molar refractivity (Wildman–Crippen MR) is 101 cm³/mol. The molecule has 5 nitrogen and oxygen atoms in total. The summed E-state index contributed by atoms with van der Waals surface area (Å²) in [6, 6.07) is 0.609. The molecule has 2 bridgehead atoms. The molecule has 3 saturated heterocycles. The van der Waals surface area contributed by atoms with Gasteiger partial charge in [-0.1, -0.05) is 13.8 Å². The highest BCUT2D eigenvalue weighted by Gasteiger charge is 2.31. The average molecular weight is 409 g/mol. The van der Waals surface area contributed by atoms with E-state index in [0.29, 0.717) is 6.04 Å². The number of fused-ring (bicyclic) bond motifs is 3. The zero-order valence-corrected chi connectivity index (χ0v) is 16.1. The Morgan fingerprint density at radius 2 is 1.90 bits per heavy atom. The first-order valence-corrected chi connectivity index (χ1v) is 8.17. The van der Waals surface area contributed by atoms with E-state index in [2.05, 4.69) is 41.2 Å². The van der Waals surface area contributed by atoms with E-state index in [9.17, 15) is 0 Å². The Morgan fingerprint density at radius 3 is 2.43 bits per heavy atom. The third-order valence-electron chi connectivity index (χ3n) is 4.21. The Labute approximate surface area is 146 Å². The van der Waals surface area contributed by atoms with E-state index in [0.717, 1.165) is 31.5 Å². The molecule has 3 fully saturated rings. The first-order chi connectivity index (χ1) is 9.69. The standard InChI is InChI=1S/C15H31N5.HI/c1-4-16-15(17-6-5-13(2)3)18-11-14-12-19-7-9-20(14)10-8-19;/h13-14H,4-12H2,1-3H3,(H2,16,17,18);1H. The number of piperazine rings is 3. The molecular formula is C15H32IN5. The van der Waals surface area contributed by atoms with Crippen LogP contribution < -0.4 is 10.6 Å². The van der Waals surface area contributed by atoms with Crippen LogP contribution in [-0.2, 0) is 0 Å². The highest BCUT2D eigenvalue weighted by molar-refractivity contribution is 14.0. The van der Waals surface area contributed by atoms with Crippen molar-refractivity contribution in [3.8, 4) is 0 Å². The molecule has 0 aromatic carbocycles. The van der Waals surface area contributed by atoms with Gasteiger partial charge in [-0.2, -0.15) is 0 Å². The Bertz CT molecular complexity index is 313. The maximum absolute atomic E-state index is 4.78. The van der Waals surface area contributed by atoms with Crippen molar-refractivity contribution >= 4 is 29.9 Å². The monoisotopic (exact) mass is 409 g/mol. The molecule has 0 spiro atoms. The molecule has 0 aliphatic carbocycles. The van der Waals surface area contributed by atoms with Gasteiger partial charge in [0.15, 0.2) is 5.96 Å². The van der Waals surface area contributed by atoms with E-state index in [-0.39, 0.29) is 24.0 Å². The SMILES string of the molecule is CCNC(=NCC1CN2CCN1CC2)NCCC(C)C.I. The molecular weight excluding hydrogens is 377 g/mol. The lowest BCUT2D eigenvalue weighted by Gasteiger charge is -2.47. The van der Waals surface area contributed by atoms with Gasteiger partial charge in [-0.05, 0) is 19.3 Å². The van der Waals surface area contributed by atoms with Gasteiger partial charge in [0.1, 0.15) is 0 Å². The van der Waals surface area contributed by atoms with Crippen molar-refractivity contribution in [2.24, 2.45) is 10.9 Å². The number of aliphatic imine (C=N–C) groups is 1. The molecule has 3 heterocycles. The zero-order chi connectivity index (χ0) is 14.4. The maximum atomic E-state index is 4.78. The van der Waals surface area contributed by atoms with Crippen molar-refractivity contribution in [2.75, 3.05) is 52.4 Å². The highest BCUT2D eigenvalue weighted by Crippen LogP contribution is 2.15. The molecule has 3 aliphatic rings. The van der Waals surface area contributed by atoms with Crippen LogP contribution in [0.4, 0.5) is 0 Å². The fraction of sp³-hybridized carbons (Fsp3) is 0.933. The first kappa shape index (κ1) is 19.0. The van der Waals surface area contributed by atoms with Gasteiger partial charge in [0.2, 0.25) is 0 Å². The largest absolute Gasteiger partial charge is 0.357 e. The number of nitrogens with zero attached hydrogens (tertiary/aromatic N) is 3. The van der Waals surface area contributed by atoms with Gasteiger partial charge in [0.05, 0.1) is 6.54 Å². The fourth-order valence-electron chi connectivity index (χ4n) is 2.92. The molecule has 2 N–H and O–H groups in total. The van der Waals surface area contributed by atoms with E-state index in [1.807, 2.05) is 0 Å². The average Bonchev–Trinajstić information content (AvgIpc) is 2.45. The van der Waals surface area contributed by atoms with Crippen LogP contribution in [0.1, 0.15) is 27.2 Å². The Morgan fingerprint density at radius 1 is 1.19 bits per heavy atom. The maximum Gasteiger partial charge on any atom is 0.191 e. The second kappa shape index (κ2) is 9.84. The second-order valence-corrected chi connectivity index (χ2v) is 6.32. The molecule has 1 unspecified atom stereocenters. The molecule has 0 amide bonds. The molecule has 6 heteroatoms. The lowest BCUT2D eigenvalue weighted by atomic mass is 10.1. The summed E-state index contributed by atoms with van der Waals surface area (Å²) in [7, 11) is 0. The molecule has 0 aromatic heterocycles. The number of rotatable bonds is 6. The van der Waals surface area contributed by atoms with Crippen molar-refractivity contribution in [3.63, 3.8) is 0 Å². The summed E-state index contributed by atoms with van der Waals surface area (Å²) in [4.78, 5) is 9.95. The minimum atomic E-state index is 0. The van der Waals surface area contributed by atoms with E-state index < -0.39 is 0 Å². The molecule has 3 aliphatic heterocycles. The predicted octanol–water partition coefficient (Wildman–Crippen LogP) is 1.21. The summed E-state index contributed by atoms with van der Waals surface area (Å²) in [5.41, 5.74) is 0. The van der Waals surface area contributed by atoms with E-state index >= 15 is 0 Å². The normalized spacial score (nSPS) is 28.4. The topological polar surface area (TPSA) is 42.9 Å². The van der Waals surface area contributed by atoms with Gasteiger partial charge in [-0.15, -0.1) is 24.0 Å². The van der Waals surface area contributed by atoms with Gasteiger partial charge in [-0.25, -0.2) is 0 Å². The van der Waals surface area contributed by atoms with Crippen molar-refractivity contribution in [1.82, 2.24) is 20.4 Å². The zero-order valence-electron chi connectivity index (χ0n) is 13.8. The van der Waals surface area contributed by atoms with Gasteiger partial charge in [-0.3, -0.25) is 14.8 Å². The fourth-order valence-corrected chi connectivity index (χ4v) is 2.92. The summed E-state index contributed by atoms with van der Waals surface area (Å²) >= 11 is 0. The van der Waals surface area contributed by atoms with Crippen LogP contribution in [0, 0.1) is 5.92 Å². The van der Waals surface area contributed by atoms with Crippen molar-refractivity contribution < 1.29 is 0 Å². The molecule has 0 radical (unpaired) electrons. The lowest BCUT2D eigenvalue weighted by molar-refractivity contribution is 0.0174. The first-order valence-electron chi connectivity index (χ1n) is 8.17. The minimum absolute atomic E-state index is 0. The molecule has 1 atom stereocenters. The number of hydrogen-bond donors (Lipinski definition) is 2. The van der Waals surface area contributed by atoms with Gasteiger partial charge >= 0.3 is 0 Å². The van der Waals surface area contributed by atoms with Crippen LogP contribution in [0.2, 0.25) is 0 Å². The summed E-state index contributed by atoms with van der Waals surface area (Å²) < 4.78 is 0. The molecule has 3 rings (SSSR count). The van der Waals surface area contributed by atoms with Crippen molar-refractivity contribution in [1.29, 1.82) is 0 Å². The summed E-state index contributed by atoms with van der Waals surface area (Å²) in [6.07, 6.45) is 1.19. The number of halogens is 1. The quantitative estimate of drug-likeness (QED) is 0.393. The minimum Gasteiger partial charge on any atom is -0.357 e. The summed E-state index contributed by atoms with van der Waals surface area (Å²) in [5, 5.41) is 6.79. The van der Waals surface area contributed by atoms with Crippen LogP contribution in [-0.4, -0.2) is 74.2 Å². The Kier molecular flexibility index (Phi) is 8.89. The van der Waals surface area contributed by atoms with E-state index in [4.69, 9.17) is 4.99 Å². The van der Waals surface area contributed by atoms with Crippen LogP contribution in [0.15, 0.2) is 4.99 Å². The molecule has 0 aromatic rings. The Balaban J connectivity index is 0.00000220. The smallest absolute Gasteiger partial charge is 0.191 e. The van der Waals surface area contributed by atoms with Crippen LogP contribution in [0.5, 0.6) is 0 Å². The third-order valence-corrected chi connectivity index (χ3v) is 4.21. The molecule has 0 saturated carbocycles. The van der Waals surface area contributed by atoms with Crippen molar-refractivity contribution in [3.05, 3.63) is 0 Å². The number of guanidine groups is 1. The third kappa shape index (κ3) is 6.28. The number of hydrogen-bond acceptors (Lipinski definition) is 3. The van der Waals surface area contributed by atoms with Crippen molar-refractivity contribution in [2.45, 2.75) is 33.2 Å². The van der Waals surface area contributed by atoms with Crippen LogP contribution in [0.25, 0.3) is 0 Å². The lowest BCUT2D eigenvalue weighted by Crippen LogP contribution is -2.62. The molecule has 124 valence electrons. The van der Waals surface area contributed by atoms with Gasteiger partial charge in [0, 0.05) is 51.9 Å². The van der Waals surface area contributed by atoms with Crippen LogP contribution in [0.3, 0.4) is 0 Å². The van der Waals surface area contributed by atoms with Gasteiger partial charge < -0.3 is 10.6 Å². The number of nitrogens with one attached hydrogen (secondary N) is 2. The van der Waals surface area contributed by atoms with Gasteiger partial charge in [0.25, 0.3) is 0 Å². The highest BCUT2D eigenvalue weighted by atomic mass is 127. The Hall–Kier alpha value is -0.0800. The summed E-state index contributed by atoms with van der Waals surface area (Å²) in [5.74, 6) is 1.71. The van der Waals surface area contributed by atoms with E-state index in [1.54, 1.807) is 0 Å².